The molecule has 1 fully saturated rings. The smallest absolute Gasteiger partial charge is 0.222 e. The van der Waals surface area contributed by atoms with Gasteiger partial charge in [0.25, 0.3) is 0 Å². The van der Waals surface area contributed by atoms with Crippen molar-refractivity contribution in [3.8, 4) is 0 Å². The summed E-state index contributed by atoms with van der Waals surface area (Å²) in [5.41, 5.74) is 0. The molecule has 1 N–H and O–H groups in total. The van der Waals surface area contributed by atoms with Gasteiger partial charge in [0, 0.05) is 45.3 Å². The molecule has 0 radical (unpaired) electrons. The van der Waals surface area contributed by atoms with Crippen molar-refractivity contribution in [3.05, 3.63) is 0 Å². The maximum Gasteiger partial charge on any atom is 0.222 e. The molecule has 2 unspecified atom stereocenters. The summed E-state index contributed by atoms with van der Waals surface area (Å²) in [6, 6.07) is 0.793. The van der Waals surface area contributed by atoms with Crippen LogP contribution in [0.2, 0.25) is 0 Å². The number of rotatable bonds is 7. The molecule has 0 aromatic rings. The maximum atomic E-state index is 11.4. The first-order chi connectivity index (χ1) is 7.63. The SMILES string of the molecule is COCCC(C)NC(C)CN1CCCC1=O. The largest absolute Gasteiger partial charge is 0.385 e. The first-order valence-corrected chi connectivity index (χ1v) is 6.16. The Morgan fingerprint density at radius 3 is 2.75 bits per heavy atom. The number of nitrogens with zero attached hydrogens (tertiary/aromatic N) is 1. The van der Waals surface area contributed by atoms with E-state index in [1.54, 1.807) is 7.11 Å². The van der Waals surface area contributed by atoms with Crippen molar-refractivity contribution >= 4 is 5.91 Å². The molecule has 4 heteroatoms. The quantitative estimate of drug-likeness (QED) is 0.707. The van der Waals surface area contributed by atoms with Gasteiger partial charge in [-0.2, -0.15) is 0 Å². The van der Waals surface area contributed by atoms with Gasteiger partial charge in [0.1, 0.15) is 0 Å². The highest BCUT2D eigenvalue weighted by Gasteiger charge is 2.21. The second kappa shape index (κ2) is 6.86. The molecule has 1 heterocycles. The molecule has 0 bridgehead atoms. The molecular formula is C12H24N2O2. The predicted molar refractivity (Wildman–Crippen MR) is 64.4 cm³/mol. The van der Waals surface area contributed by atoms with Gasteiger partial charge in [-0.15, -0.1) is 0 Å². The van der Waals surface area contributed by atoms with E-state index < -0.39 is 0 Å². The lowest BCUT2D eigenvalue weighted by molar-refractivity contribution is -0.127. The molecule has 1 rings (SSSR count). The van der Waals surface area contributed by atoms with Gasteiger partial charge in [0.05, 0.1) is 0 Å². The van der Waals surface area contributed by atoms with E-state index >= 15 is 0 Å². The molecule has 16 heavy (non-hydrogen) atoms. The van der Waals surface area contributed by atoms with E-state index in [4.69, 9.17) is 4.74 Å². The lowest BCUT2D eigenvalue weighted by Crippen LogP contribution is -2.43. The Kier molecular flexibility index (Phi) is 5.77. The van der Waals surface area contributed by atoms with Crippen LogP contribution in [0.3, 0.4) is 0 Å². The molecule has 0 aromatic heterocycles. The molecular weight excluding hydrogens is 204 g/mol. The van der Waals surface area contributed by atoms with Crippen molar-refractivity contribution in [3.63, 3.8) is 0 Å². The maximum absolute atomic E-state index is 11.4. The molecule has 0 aromatic carbocycles. The van der Waals surface area contributed by atoms with E-state index in [-0.39, 0.29) is 0 Å². The number of methoxy groups -OCH3 is 1. The Balaban J connectivity index is 2.19. The molecule has 0 spiro atoms. The standard InChI is InChI=1S/C12H24N2O2/c1-10(6-8-16-3)13-11(2)9-14-7-4-5-12(14)15/h10-11,13H,4-9H2,1-3H3. The summed E-state index contributed by atoms with van der Waals surface area (Å²) in [4.78, 5) is 13.4. The van der Waals surface area contributed by atoms with Gasteiger partial charge in [-0.3, -0.25) is 4.79 Å². The minimum Gasteiger partial charge on any atom is -0.385 e. The fourth-order valence-electron chi connectivity index (χ4n) is 2.14. The number of hydrogen-bond donors (Lipinski definition) is 1. The molecule has 1 amide bonds. The minimum atomic E-state index is 0.304. The Hall–Kier alpha value is -0.610. The number of likely N-dealkylation sites (tertiary alicyclic amines) is 1. The number of amides is 1. The average molecular weight is 228 g/mol. The normalized spacial score (nSPS) is 20.2. The first-order valence-electron chi connectivity index (χ1n) is 6.16. The zero-order chi connectivity index (χ0) is 12.0. The van der Waals surface area contributed by atoms with E-state index in [1.807, 2.05) is 4.90 Å². The molecule has 4 nitrogen and oxygen atoms in total. The third-order valence-electron chi connectivity index (χ3n) is 2.99. The molecule has 0 saturated carbocycles. The molecule has 0 aliphatic carbocycles. The zero-order valence-electron chi connectivity index (χ0n) is 10.7. The van der Waals surface area contributed by atoms with Crippen LogP contribution in [0.25, 0.3) is 0 Å². The molecule has 1 aliphatic heterocycles. The van der Waals surface area contributed by atoms with Crippen LogP contribution in [0.4, 0.5) is 0 Å². The highest BCUT2D eigenvalue weighted by Crippen LogP contribution is 2.10. The summed E-state index contributed by atoms with van der Waals surface area (Å²) in [6.45, 7) is 6.83. The molecule has 2 atom stereocenters. The summed E-state index contributed by atoms with van der Waals surface area (Å²) >= 11 is 0. The van der Waals surface area contributed by atoms with Crippen LogP contribution >= 0.6 is 0 Å². The summed E-state index contributed by atoms with van der Waals surface area (Å²) in [5, 5.41) is 3.49. The second-order valence-corrected chi connectivity index (χ2v) is 4.69. The summed E-state index contributed by atoms with van der Waals surface area (Å²) < 4.78 is 5.04. The number of carbonyl (C=O) groups excluding carboxylic acids is 1. The first kappa shape index (κ1) is 13.5. The number of carbonyl (C=O) groups is 1. The van der Waals surface area contributed by atoms with Crippen LogP contribution in [0.5, 0.6) is 0 Å². The minimum absolute atomic E-state index is 0.304. The van der Waals surface area contributed by atoms with Crippen LogP contribution in [-0.4, -0.2) is 49.7 Å². The lowest BCUT2D eigenvalue weighted by Gasteiger charge is -2.24. The zero-order valence-corrected chi connectivity index (χ0v) is 10.7. The third kappa shape index (κ3) is 4.49. The van der Waals surface area contributed by atoms with E-state index in [1.165, 1.54) is 0 Å². The van der Waals surface area contributed by atoms with Crippen molar-refractivity contribution in [2.24, 2.45) is 0 Å². The van der Waals surface area contributed by atoms with E-state index in [0.29, 0.717) is 18.0 Å². The van der Waals surface area contributed by atoms with Gasteiger partial charge in [-0.1, -0.05) is 0 Å². The topological polar surface area (TPSA) is 41.6 Å². The lowest BCUT2D eigenvalue weighted by atomic mass is 10.2. The Bertz CT molecular complexity index is 221. The monoisotopic (exact) mass is 228 g/mol. The fraction of sp³-hybridized carbons (Fsp3) is 0.917. The summed E-state index contributed by atoms with van der Waals surface area (Å²) in [6.07, 6.45) is 2.76. The van der Waals surface area contributed by atoms with Crippen LogP contribution in [0.15, 0.2) is 0 Å². The molecule has 1 saturated heterocycles. The summed E-state index contributed by atoms with van der Waals surface area (Å²) in [7, 11) is 1.72. The van der Waals surface area contributed by atoms with E-state index in [9.17, 15) is 4.79 Å². The van der Waals surface area contributed by atoms with Gasteiger partial charge < -0.3 is 15.0 Å². The second-order valence-electron chi connectivity index (χ2n) is 4.69. The van der Waals surface area contributed by atoms with Crippen molar-refractivity contribution in [1.82, 2.24) is 10.2 Å². The highest BCUT2D eigenvalue weighted by molar-refractivity contribution is 5.78. The third-order valence-corrected chi connectivity index (χ3v) is 2.99. The van der Waals surface area contributed by atoms with Gasteiger partial charge in [-0.05, 0) is 26.7 Å². The van der Waals surface area contributed by atoms with E-state index in [2.05, 4.69) is 19.2 Å². The highest BCUT2D eigenvalue weighted by atomic mass is 16.5. The Labute approximate surface area is 98.3 Å². The van der Waals surface area contributed by atoms with Gasteiger partial charge in [0.2, 0.25) is 5.91 Å². The summed E-state index contributed by atoms with van der Waals surface area (Å²) in [5.74, 6) is 0.304. The Morgan fingerprint density at radius 2 is 2.19 bits per heavy atom. The fourth-order valence-corrected chi connectivity index (χ4v) is 2.14. The number of ether oxygens (including phenoxy) is 1. The predicted octanol–water partition coefficient (Wildman–Crippen LogP) is 1.01. The average Bonchev–Trinajstić information content (AvgIpc) is 2.61. The molecule has 94 valence electrons. The van der Waals surface area contributed by atoms with Crippen LogP contribution in [-0.2, 0) is 9.53 Å². The van der Waals surface area contributed by atoms with Crippen LogP contribution in [0.1, 0.15) is 33.1 Å². The van der Waals surface area contributed by atoms with Crippen molar-refractivity contribution in [1.29, 1.82) is 0 Å². The van der Waals surface area contributed by atoms with Crippen molar-refractivity contribution < 1.29 is 9.53 Å². The van der Waals surface area contributed by atoms with Gasteiger partial charge in [0.15, 0.2) is 0 Å². The van der Waals surface area contributed by atoms with Crippen molar-refractivity contribution in [2.75, 3.05) is 26.8 Å². The van der Waals surface area contributed by atoms with Crippen molar-refractivity contribution in [2.45, 2.75) is 45.2 Å². The van der Waals surface area contributed by atoms with Crippen LogP contribution < -0.4 is 5.32 Å². The molecule has 1 aliphatic rings. The van der Waals surface area contributed by atoms with Gasteiger partial charge in [-0.25, -0.2) is 0 Å². The Morgan fingerprint density at radius 1 is 1.44 bits per heavy atom. The van der Waals surface area contributed by atoms with E-state index in [0.717, 1.165) is 39.0 Å². The number of nitrogens with one attached hydrogen (secondary N) is 1. The van der Waals surface area contributed by atoms with Gasteiger partial charge >= 0.3 is 0 Å². The van der Waals surface area contributed by atoms with Crippen LogP contribution in [0, 0.1) is 0 Å². The number of hydrogen-bond acceptors (Lipinski definition) is 3.